The van der Waals surface area contributed by atoms with Crippen LogP contribution in [0.2, 0.25) is 0 Å². The molecule has 0 aromatic carbocycles. The Kier molecular flexibility index (Phi) is 3.53. The van der Waals surface area contributed by atoms with Gasteiger partial charge in [-0.05, 0) is 38.1 Å². The Bertz CT molecular complexity index is 259. The number of carbonyl (C=O) groups is 1. The SMILES string of the molecule is CC1(C(=O)NC2CCCC2CN)CCCC1. The lowest BCUT2D eigenvalue weighted by atomic mass is 9.87. The van der Waals surface area contributed by atoms with Gasteiger partial charge in [-0.15, -0.1) is 0 Å². The molecule has 2 rings (SSSR count). The van der Waals surface area contributed by atoms with E-state index in [-0.39, 0.29) is 11.3 Å². The van der Waals surface area contributed by atoms with Gasteiger partial charge in [0, 0.05) is 11.5 Å². The van der Waals surface area contributed by atoms with E-state index < -0.39 is 0 Å². The Morgan fingerprint density at radius 3 is 2.62 bits per heavy atom. The molecule has 16 heavy (non-hydrogen) atoms. The predicted molar refractivity (Wildman–Crippen MR) is 64.9 cm³/mol. The van der Waals surface area contributed by atoms with Gasteiger partial charge in [-0.25, -0.2) is 0 Å². The summed E-state index contributed by atoms with van der Waals surface area (Å²) in [6.45, 7) is 2.82. The topological polar surface area (TPSA) is 55.1 Å². The van der Waals surface area contributed by atoms with Crippen LogP contribution in [0.15, 0.2) is 0 Å². The minimum Gasteiger partial charge on any atom is -0.353 e. The van der Waals surface area contributed by atoms with E-state index in [1.165, 1.54) is 25.7 Å². The van der Waals surface area contributed by atoms with Crippen LogP contribution in [0.3, 0.4) is 0 Å². The van der Waals surface area contributed by atoms with Crippen LogP contribution in [-0.4, -0.2) is 18.5 Å². The minimum absolute atomic E-state index is 0.0955. The summed E-state index contributed by atoms with van der Waals surface area (Å²) in [5.41, 5.74) is 5.64. The van der Waals surface area contributed by atoms with Crippen molar-refractivity contribution in [3.8, 4) is 0 Å². The van der Waals surface area contributed by atoms with Gasteiger partial charge in [0.15, 0.2) is 0 Å². The van der Waals surface area contributed by atoms with Crippen molar-refractivity contribution in [3.63, 3.8) is 0 Å². The van der Waals surface area contributed by atoms with Crippen LogP contribution in [0.25, 0.3) is 0 Å². The van der Waals surface area contributed by atoms with E-state index >= 15 is 0 Å². The largest absolute Gasteiger partial charge is 0.353 e. The van der Waals surface area contributed by atoms with E-state index in [4.69, 9.17) is 5.73 Å². The second kappa shape index (κ2) is 4.74. The zero-order valence-corrected chi connectivity index (χ0v) is 10.3. The highest BCUT2D eigenvalue weighted by atomic mass is 16.2. The number of amides is 1. The van der Waals surface area contributed by atoms with E-state index in [0.29, 0.717) is 18.5 Å². The van der Waals surface area contributed by atoms with Crippen molar-refractivity contribution < 1.29 is 4.79 Å². The molecule has 2 atom stereocenters. The molecule has 0 aliphatic heterocycles. The minimum atomic E-state index is -0.0955. The lowest BCUT2D eigenvalue weighted by molar-refractivity contribution is -0.130. The highest BCUT2D eigenvalue weighted by molar-refractivity contribution is 5.82. The maximum atomic E-state index is 12.2. The van der Waals surface area contributed by atoms with E-state index in [0.717, 1.165) is 19.3 Å². The molecule has 2 unspecified atom stereocenters. The van der Waals surface area contributed by atoms with Crippen LogP contribution in [0.1, 0.15) is 51.9 Å². The molecule has 2 fully saturated rings. The lowest BCUT2D eigenvalue weighted by Gasteiger charge is -2.27. The Balaban J connectivity index is 1.91. The first-order chi connectivity index (χ1) is 7.65. The standard InChI is InChI=1S/C13H24N2O/c1-13(7-2-3-8-13)12(16)15-11-6-4-5-10(11)9-14/h10-11H,2-9,14H2,1H3,(H,15,16). The molecule has 0 aromatic rings. The zero-order valence-electron chi connectivity index (χ0n) is 10.3. The second-order valence-corrected chi connectivity index (χ2v) is 5.77. The fourth-order valence-corrected chi connectivity index (χ4v) is 3.23. The number of nitrogens with one attached hydrogen (secondary N) is 1. The Morgan fingerprint density at radius 1 is 1.31 bits per heavy atom. The first kappa shape index (κ1) is 11.9. The van der Waals surface area contributed by atoms with Crippen molar-refractivity contribution >= 4 is 5.91 Å². The van der Waals surface area contributed by atoms with Crippen LogP contribution in [-0.2, 0) is 4.79 Å². The molecule has 0 radical (unpaired) electrons. The lowest BCUT2D eigenvalue weighted by Crippen LogP contribution is -2.45. The van der Waals surface area contributed by atoms with Crippen molar-refractivity contribution in [1.29, 1.82) is 0 Å². The van der Waals surface area contributed by atoms with E-state index in [9.17, 15) is 4.79 Å². The highest BCUT2D eigenvalue weighted by Gasteiger charge is 2.38. The summed E-state index contributed by atoms with van der Waals surface area (Å²) in [5.74, 6) is 0.782. The summed E-state index contributed by atoms with van der Waals surface area (Å²) in [6.07, 6.45) is 8.02. The van der Waals surface area contributed by atoms with Crippen LogP contribution in [0.5, 0.6) is 0 Å². The molecule has 0 aromatic heterocycles. The molecule has 0 heterocycles. The fraction of sp³-hybridized carbons (Fsp3) is 0.923. The van der Waals surface area contributed by atoms with Crippen molar-refractivity contribution in [2.75, 3.05) is 6.54 Å². The molecule has 0 bridgehead atoms. The van der Waals surface area contributed by atoms with Crippen molar-refractivity contribution in [3.05, 3.63) is 0 Å². The molecular formula is C13H24N2O. The molecule has 0 saturated heterocycles. The van der Waals surface area contributed by atoms with Crippen LogP contribution < -0.4 is 11.1 Å². The molecule has 2 saturated carbocycles. The average Bonchev–Trinajstić information content (AvgIpc) is 2.87. The summed E-state index contributed by atoms with van der Waals surface area (Å²) < 4.78 is 0. The molecule has 2 aliphatic rings. The van der Waals surface area contributed by atoms with E-state index in [1.54, 1.807) is 0 Å². The first-order valence-corrected chi connectivity index (χ1v) is 6.67. The van der Waals surface area contributed by atoms with Gasteiger partial charge in [-0.2, -0.15) is 0 Å². The third kappa shape index (κ3) is 2.24. The molecule has 3 nitrogen and oxygen atoms in total. The van der Waals surface area contributed by atoms with E-state index in [1.807, 2.05) is 0 Å². The quantitative estimate of drug-likeness (QED) is 0.768. The van der Waals surface area contributed by atoms with Crippen LogP contribution in [0.4, 0.5) is 0 Å². The molecule has 2 aliphatic carbocycles. The monoisotopic (exact) mass is 224 g/mol. The maximum Gasteiger partial charge on any atom is 0.226 e. The zero-order chi connectivity index (χ0) is 11.6. The molecule has 3 heteroatoms. The van der Waals surface area contributed by atoms with Gasteiger partial charge < -0.3 is 11.1 Å². The smallest absolute Gasteiger partial charge is 0.226 e. The van der Waals surface area contributed by atoms with Crippen LogP contribution in [0, 0.1) is 11.3 Å². The maximum absolute atomic E-state index is 12.2. The van der Waals surface area contributed by atoms with Crippen molar-refractivity contribution in [2.24, 2.45) is 17.1 Å². The average molecular weight is 224 g/mol. The molecule has 92 valence electrons. The number of hydrogen-bond acceptors (Lipinski definition) is 2. The summed E-state index contributed by atoms with van der Waals surface area (Å²) in [5, 5.41) is 3.24. The Hall–Kier alpha value is -0.570. The predicted octanol–water partition coefficient (Wildman–Crippen LogP) is 1.81. The van der Waals surface area contributed by atoms with Gasteiger partial charge in [-0.3, -0.25) is 4.79 Å². The third-order valence-corrected chi connectivity index (χ3v) is 4.53. The molecule has 1 amide bonds. The van der Waals surface area contributed by atoms with Crippen molar-refractivity contribution in [1.82, 2.24) is 5.32 Å². The van der Waals surface area contributed by atoms with Crippen molar-refractivity contribution in [2.45, 2.75) is 57.9 Å². The molecular weight excluding hydrogens is 200 g/mol. The summed E-state index contributed by atoms with van der Waals surface area (Å²) in [6, 6.07) is 0.343. The van der Waals surface area contributed by atoms with Gasteiger partial charge in [0.2, 0.25) is 5.91 Å². The summed E-state index contributed by atoms with van der Waals surface area (Å²) in [4.78, 5) is 12.2. The second-order valence-electron chi connectivity index (χ2n) is 5.77. The van der Waals surface area contributed by atoms with Gasteiger partial charge in [0.1, 0.15) is 0 Å². The number of rotatable bonds is 3. The normalized spacial score (nSPS) is 32.9. The fourth-order valence-electron chi connectivity index (χ4n) is 3.23. The van der Waals surface area contributed by atoms with Crippen LogP contribution >= 0.6 is 0 Å². The highest BCUT2D eigenvalue weighted by Crippen LogP contribution is 2.38. The van der Waals surface area contributed by atoms with E-state index in [2.05, 4.69) is 12.2 Å². The van der Waals surface area contributed by atoms with Gasteiger partial charge in [-0.1, -0.05) is 26.2 Å². The number of nitrogens with two attached hydrogens (primary N) is 1. The van der Waals surface area contributed by atoms with Gasteiger partial charge in [0.05, 0.1) is 0 Å². The third-order valence-electron chi connectivity index (χ3n) is 4.53. The summed E-state index contributed by atoms with van der Waals surface area (Å²) in [7, 11) is 0. The number of carbonyl (C=O) groups excluding carboxylic acids is 1. The summed E-state index contributed by atoms with van der Waals surface area (Å²) >= 11 is 0. The van der Waals surface area contributed by atoms with Gasteiger partial charge >= 0.3 is 0 Å². The Labute approximate surface area is 98.2 Å². The first-order valence-electron chi connectivity index (χ1n) is 6.67. The molecule has 3 N–H and O–H groups in total. The Morgan fingerprint density at radius 2 is 2.00 bits per heavy atom. The molecule has 0 spiro atoms. The van der Waals surface area contributed by atoms with Gasteiger partial charge in [0.25, 0.3) is 0 Å². The number of hydrogen-bond donors (Lipinski definition) is 2.